The van der Waals surface area contributed by atoms with Crippen LogP contribution in [0.4, 0.5) is 13.2 Å². The Bertz CT molecular complexity index is 232. The molecule has 0 saturated carbocycles. The molecular weight excluding hydrogens is 213 g/mol. The molecule has 0 spiro atoms. The number of methoxy groups -OCH3 is 1. The highest BCUT2D eigenvalue weighted by molar-refractivity contribution is 5.76. The Labute approximate surface area is 85.4 Å². The molecule has 1 aliphatic rings. The summed E-state index contributed by atoms with van der Waals surface area (Å²) in [5.74, 6) is -0.633. The molecule has 1 fully saturated rings. The van der Waals surface area contributed by atoms with Crippen molar-refractivity contribution >= 4 is 5.97 Å². The molecule has 0 aliphatic carbocycles. The Balaban J connectivity index is 2.61. The average Bonchev–Trinajstić information content (AvgIpc) is 2.15. The summed E-state index contributed by atoms with van der Waals surface area (Å²) in [5, 5.41) is 2.86. The first-order valence-corrected chi connectivity index (χ1v) is 4.53. The zero-order valence-corrected chi connectivity index (χ0v) is 8.30. The first-order valence-electron chi connectivity index (χ1n) is 4.53. The molecule has 88 valence electrons. The fraction of sp³-hybridized carbons (Fsp3) is 0.875. The van der Waals surface area contributed by atoms with E-state index in [0.717, 1.165) is 4.90 Å². The number of hydrogen-bond donors (Lipinski definition) is 1. The van der Waals surface area contributed by atoms with Crippen LogP contribution in [0.2, 0.25) is 0 Å². The zero-order valence-electron chi connectivity index (χ0n) is 8.30. The maximum Gasteiger partial charge on any atom is 0.401 e. The predicted octanol–water partition coefficient (Wildman–Crippen LogP) is -0.00450. The van der Waals surface area contributed by atoms with E-state index < -0.39 is 24.7 Å². The lowest BCUT2D eigenvalue weighted by Crippen LogP contribution is -2.57. The van der Waals surface area contributed by atoms with Crippen molar-refractivity contribution in [2.75, 3.05) is 33.3 Å². The molecule has 15 heavy (non-hydrogen) atoms. The van der Waals surface area contributed by atoms with Gasteiger partial charge in [-0.05, 0) is 0 Å². The molecule has 0 aromatic rings. The second-order valence-corrected chi connectivity index (χ2v) is 3.33. The van der Waals surface area contributed by atoms with Gasteiger partial charge in [-0.15, -0.1) is 0 Å². The SMILES string of the molecule is COC(=O)C1CNCCN1CC(F)(F)F. The molecule has 0 amide bonds. The number of nitrogens with zero attached hydrogens (tertiary/aromatic N) is 1. The number of halogens is 3. The maximum atomic E-state index is 12.2. The predicted molar refractivity (Wildman–Crippen MR) is 46.3 cm³/mol. The van der Waals surface area contributed by atoms with Crippen LogP contribution < -0.4 is 5.32 Å². The second-order valence-electron chi connectivity index (χ2n) is 3.33. The zero-order chi connectivity index (χ0) is 11.5. The van der Waals surface area contributed by atoms with Gasteiger partial charge in [-0.2, -0.15) is 13.2 Å². The minimum Gasteiger partial charge on any atom is -0.468 e. The summed E-state index contributed by atoms with van der Waals surface area (Å²) in [5.41, 5.74) is 0. The average molecular weight is 226 g/mol. The van der Waals surface area contributed by atoms with Crippen molar-refractivity contribution in [2.24, 2.45) is 0 Å². The van der Waals surface area contributed by atoms with Crippen LogP contribution in [0.15, 0.2) is 0 Å². The Morgan fingerprint density at radius 3 is 2.80 bits per heavy atom. The van der Waals surface area contributed by atoms with Crippen molar-refractivity contribution in [1.82, 2.24) is 10.2 Å². The third-order valence-corrected chi connectivity index (χ3v) is 2.21. The minimum absolute atomic E-state index is 0.194. The number of piperazine rings is 1. The van der Waals surface area contributed by atoms with Crippen molar-refractivity contribution in [2.45, 2.75) is 12.2 Å². The summed E-state index contributed by atoms with van der Waals surface area (Å²) in [6.45, 7) is -0.236. The van der Waals surface area contributed by atoms with Crippen molar-refractivity contribution < 1.29 is 22.7 Å². The van der Waals surface area contributed by atoms with E-state index in [4.69, 9.17) is 0 Å². The number of rotatable bonds is 2. The summed E-state index contributed by atoms with van der Waals surface area (Å²) in [4.78, 5) is 12.3. The van der Waals surface area contributed by atoms with Crippen LogP contribution in [0.1, 0.15) is 0 Å². The van der Waals surface area contributed by atoms with Gasteiger partial charge in [-0.1, -0.05) is 0 Å². The first kappa shape index (κ1) is 12.3. The molecule has 1 atom stereocenters. The number of carbonyl (C=O) groups is 1. The van der Waals surface area contributed by atoms with E-state index in [-0.39, 0.29) is 13.1 Å². The second kappa shape index (κ2) is 4.80. The molecule has 0 aromatic heterocycles. The highest BCUT2D eigenvalue weighted by Crippen LogP contribution is 2.19. The molecular formula is C8H13F3N2O2. The van der Waals surface area contributed by atoms with Gasteiger partial charge in [0.25, 0.3) is 0 Å². The van der Waals surface area contributed by atoms with Crippen LogP contribution in [0.5, 0.6) is 0 Å². The fourth-order valence-corrected chi connectivity index (χ4v) is 1.53. The van der Waals surface area contributed by atoms with Crippen molar-refractivity contribution in [3.63, 3.8) is 0 Å². The van der Waals surface area contributed by atoms with Crippen LogP contribution in [-0.2, 0) is 9.53 Å². The molecule has 0 radical (unpaired) electrons. The van der Waals surface area contributed by atoms with Gasteiger partial charge < -0.3 is 10.1 Å². The summed E-state index contributed by atoms with van der Waals surface area (Å²) in [7, 11) is 1.17. The number of carbonyl (C=O) groups excluding carboxylic acids is 1. The highest BCUT2D eigenvalue weighted by Gasteiger charge is 2.37. The van der Waals surface area contributed by atoms with Crippen LogP contribution in [-0.4, -0.2) is 56.4 Å². The highest BCUT2D eigenvalue weighted by atomic mass is 19.4. The quantitative estimate of drug-likeness (QED) is 0.673. The van der Waals surface area contributed by atoms with E-state index in [9.17, 15) is 18.0 Å². The topological polar surface area (TPSA) is 41.6 Å². The molecule has 1 unspecified atom stereocenters. The molecule has 1 heterocycles. The van der Waals surface area contributed by atoms with E-state index >= 15 is 0 Å². The molecule has 1 N–H and O–H groups in total. The molecule has 0 bridgehead atoms. The van der Waals surface area contributed by atoms with Gasteiger partial charge >= 0.3 is 12.1 Å². The van der Waals surface area contributed by atoms with Gasteiger partial charge in [0.1, 0.15) is 6.04 Å². The Morgan fingerprint density at radius 2 is 2.27 bits per heavy atom. The van der Waals surface area contributed by atoms with Crippen molar-refractivity contribution in [3.05, 3.63) is 0 Å². The van der Waals surface area contributed by atoms with Crippen LogP contribution in [0.3, 0.4) is 0 Å². The smallest absolute Gasteiger partial charge is 0.401 e. The number of nitrogens with one attached hydrogen (secondary N) is 1. The monoisotopic (exact) mass is 226 g/mol. The van der Waals surface area contributed by atoms with Crippen molar-refractivity contribution in [1.29, 1.82) is 0 Å². The van der Waals surface area contributed by atoms with Gasteiger partial charge in [0.2, 0.25) is 0 Å². The van der Waals surface area contributed by atoms with Crippen LogP contribution in [0.25, 0.3) is 0 Å². The molecule has 7 heteroatoms. The first-order chi connectivity index (χ1) is 6.94. The lowest BCUT2D eigenvalue weighted by molar-refractivity contribution is -0.165. The third kappa shape index (κ3) is 3.67. The largest absolute Gasteiger partial charge is 0.468 e. The third-order valence-electron chi connectivity index (χ3n) is 2.21. The lowest BCUT2D eigenvalue weighted by Gasteiger charge is -2.34. The van der Waals surface area contributed by atoms with E-state index in [1.54, 1.807) is 0 Å². The number of ether oxygens (including phenoxy) is 1. The number of hydrogen-bond acceptors (Lipinski definition) is 4. The Hall–Kier alpha value is -0.820. The summed E-state index contributed by atoms with van der Waals surface area (Å²) in [6, 6.07) is -0.842. The van der Waals surface area contributed by atoms with Gasteiger partial charge in [-0.3, -0.25) is 9.69 Å². The number of alkyl halides is 3. The summed E-state index contributed by atoms with van der Waals surface area (Å²) < 4.78 is 40.9. The van der Waals surface area contributed by atoms with E-state index in [0.29, 0.717) is 6.54 Å². The number of esters is 1. The molecule has 4 nitrogen and oxygen atoms in total. The lowest BCUT2D eigenvalue weighted by atomic mass is 10.2. The molecule has 0 aromatic carbocycles. The van der Waals surface area contributed by atoms with Gasteiger partial charge in [0.15, 0.2) is 0 Å². The van der Waals surface area contributed by atoms with E-state index in [1.165, 1.54) is 7.11 Å². The van der Waals surface area contributed by atoms with E-state index in [2.05, 4.69) is 10.1 Å². The standard InChI is InChI=1S/C8H13F3N2O2/c1-15-7(14)6-4-12-2-3-13(6)5-8(9,10)11/h6,12H,2-5H2,1H3. The normalized spacial score (nSPS) is 23.9. The van der Waals surface area contributed by atoms with Crippen molar-refractivity contribution in [3.8, 4) is 0 Å². The summed E-state index contributed by atoms with van der Waals surface area (Å²) in [6.07, 6.45) is -4.29. The Morgan fingerprint density at radius 1 is 1.60 bits per heavy atom. The van der Waals surface area contributed by atoms with Gasteiger partial charge in [0, 0.05) is 19.6 Å². The maximum absolute atomic E-state index is 12.2. The van der Waals surface area contributed by atoms with Gasteiger partial charge in [0.05, 0.1) is 13.7 Å². The fourth-order valence-electron chi connectivity index (χ4n) is 1.53. The van der Waals surface area contributed by atoms with Crippen LogP contribution in [0, 0.1) is 0 Å². The van der Waals surface area contributed by atoms with Crippen LogP contribution >= 0.6 is 0 Å². The minimum atomic E-state index is -4.29. The van der Waals surface area contributed by atoms with Gasteiger partial charge in [-0.25, -0.2) is 0 Å². The Kier molecular flexibility index (Phi) is 3.92. The van der Waals surface area contributed by atoms with E-state index in [1.807, 2.05) is 0 Å². The molecule has 1 rings (SSSR count). The molecule has 1 aliphatic heterocycles. The molecule has 1 saturated heterocycles. The summed E-state index contributed by atoms with van der Waals surface area (Å²) >= 11 is 0.